The van der Waals surface area contributed by atoms with E-state index in [0.29, 0.717) is 0 Å². The fourth-order valence-corrected chi connectivity index (χ4v) is 7.30. The van der Waals surface area contributed by atoms with Gasteiger partial charge in [-0.05, 0) is 0 Å². The largest absolute Gasteiger partial charge is 1.00 e. The van der Waals surface area contributed by atoms with Gasteiger partial charge in [0.25, 0.3) is 18.9 Å². The van der Waals surface area contributed by atoms with Crippen molar-refractivity contribution in [2.45, 2.75) is 49.1 Å². The number of anilines is 2. The van der Waals surface area contributed by atoms with Gasteiger partial charge < -0.3 is 50.0 Å². The maximum Gasteiger partial charge on any atom is 1.00 e. The van der Waals surface area contributed by atoms with Crippen molar-refractivity contribution in [1.82, 2.24) is 39.0 Å². The van der Waals surface area contributed by atoms with Crippen LogP contribution in [0.5, 0.6) is 0 Å². The maximum atomic E-state index is 13.1. The fraction of sp³-hybridized carbons (Fsp3) is 0.500. The number of ether oxygens (including phenoxy) is 2. The van der Waals surface area contributed by atoms with Gasteiger partial charge in [-0.25, -0.2) is 14.5 Å². The van der Waals surface area contributed by atoms with E-state index in [4.69, 9.17) is 39.0 Å². The predicted molar refractivity (Wildman–Crippen MR) is 144 cm³/mol. The van der Waals surface area contributed by atoms with Crippen LogP contribution in [0.25, 0.3) is 22.3 Å². The molecule has 4 aromatic rings. The van der Waals surface area contributed by atoms with Crippen LogP contribution in [0.4, 0.5) is 11.9 Å². The summed E-state index contributed by atoms with van der Waals surface area (Å²) in [7, 11) is -10.5. The number of imidazole rings is 2. The molecular formula is C20H23N10NaO14P2. The molecule has 0 saturated carbocycles. The molecule has 0 aliphatic carbocycles. The second-order valence-corrected chi connectivity index (χ2v) is 13.1. The number of fused-ring (bicyclic) bond motifs is 4. The maximum absolute atomic E-state index is 13.1. The van der Waals surface area contributed by atoms with Crippen molar-refractivity contribution in [3.63, 3.8) is 0 Å². The van der Waals surface area contributed by atoms with Gasteiger partial charge in [0.1, 0.15) is 36.6 Å². The number of nitrogens with two attached hydrogens (primary N) is 2. The van der Waals surface area contributed by atoms with E-state index in [1.54, 1.807) is 0 Å². The van der Waals surface area contributed by atoms with Crippen molar-refractivity contribution in [2.75, 3.05) is 24.7 Å². The van der Waals surface area contributed by atoms with E-state index in [-0.39, 0.29) is 63.8 Å². The van der Waals surface area contributed by atoms with Crippen LogP contribution < -0.4 is 57.0 Å². The van der Waals surface area contributed by atoms with Gasteiger partial charge in [0, 0.05) is 0 Å². The second-order valence-electron chi connectivity index (χ2n) is 10.3. The van der Waals surface area contributed by atoms with E-state index in [2.05, 4.69) is 29.9 Å². The van der Waals surface area contributed by atoms with Crippen LogP contribution in [0.1, 0.15) is 12.5 Å². The molecule has 0 radical (unpaired) electrons. The normalized spacial score (nSPS) is 36.3. The number of hydrogen-bond acceptors (Lipinski definition) is 19. The molecule has 3 fully saturated rings. The Hall–Kier alpha value is -2.64. The molecule has 2 unspecified atom stereocenters. The molecule has 248 valence electrons. The Morgan fingerprint density at radius 1 is 0.830 bits per heavy atom. The summed E-state index contributed by atoms with van der Waals surface area (Å²) >= 11 is 0. The van der Waals surface area contributed by atoms with Crippen LogP contribution in [-0.2, 0) is 36.7 Å². The topological polar surface area (TPSA) is 352 Å². The number of aromatic amines is 2. The summed E-state index contributed by atoms with van der Waals surface area (Å²) in [5, 5.41) is 22.2. The zero-order chi connectivity index (χ0) is 32.7. The SMILES string of the molecule is Nc1nc2c(ncn2[C@@H]2O[C@@H]3COP(=O)(O)O[C@H]4[C@@H](O)[C@H](n5cnc6c(=O)[nH]c(N)nc65)O[C@@H]4COP(=O)([O-])O[C@H]3[C@H]2O)c(=O)[nH]1.[Na+]. The molecule has 4 aromatic heterocycles. The van der Waals surface area contributed by atoms with Gasteiger partial charge in [-0.15, -0.1) is 0 Å². The van der Waals surface area contributed by atoms with Crippen LogP contribution in [0.15, 0.2) is 22.2 Å². The van der Waals surface area contributed by atoms with Crippen LogP contribution >= 0.6 is 15.6 Å². The van der Waals surface area contributed by atoms with Gasteiger partial charge in [0.15, 0.2) is 34.8 Å². The summed E-state index contributed by atoms with van der Waals surface area (Å²) in [6, 6.07) is 0. The van der Waals surface area contributed by atoms with Crippen molar-refractivity contribution in [3.8, 4) is 0 Å². The van der Waals surface area contributed by atoms with Crippen LogP contribution in [0.2, 0.25) is 0 Å². The summed E-state index contributed by atoms with van der Waals surface area (Å²) in [5.74, 6) is -0.580. The summed E-state index contributed by atoms with van der Waals surface area (Å²) in [6.07, 6.45) is -11.2. The molecule has 7 heterocycles. The number of phosphoric acid groups is 2. The van der Waals surface area contributed by atoms with Gasteiger partial charge in [-0.1, -0.05) is 0 Å². The monoisotopic (exact) mass is 712 g/mol. The zero-order valence-corrected chi connectivity index (χ0v) is 27.5. The zero-order valence-electron chi connectivity index (χ0n) is 23.8. The molecule has 3 aliphatic rings. The minimum atomic E-state index is -5.35. The average molecular weight is 712 g/mol. The molecule has 27 heteroatoms. The first-order chi connectivity index (χ1) is 21.7. The van der Waals surface area contributed by atoms with Crippen molar-refractivity contribution >= 4 is 49.9 Å². The first-order valence-electron chi connectivity index (χ1n) is 13.1. The van der Waals surface area contributed by atoms with Crippen molar-refractivity contribution < 1.29 is 86.3 Å². The van der Waals surface area contributed by atoms with Gasteiger partial charge in [-0.3, -0.25) is 42.3 Å². The number of aliphatic hydroxyl groups is 2. The van der Waals surface area contributed by atoms with Gasteiger partial charge >= 0.3 is 37.4 Å². The smallest absolute Gasteiger partial charge is 0.756 e. The second kappa shape index (κ2) is 12.4. The summed E-state index contributed by atoms with van der Waals surface area (Å²) in [4.78, 5) is 68.2. The number of aliphatic hydroxyl groups excluding tert-OH is 2. The van der Waals surface area contributed by atoms with E-state index in [0.717, 1.165) is 21.8 Å². The Morgan fingerprint density at radius 2 is 1.28 bits per heavy atom. The number of nitrogens with one attached hydrogen (secondary N) is 2. The van der Waals surface area contributed by atoms with Gasteiger partial charge in [0.2, 0.25) is 11.9 Å². The molecule has 10 atom stereocenters. The van der Waals surface area contributed by atoms with E-state index in [9.17, 15) is 38.7 Å². The third-order valence-corrected chi connectivity index (χ3v) is 9.33. The quantitative estimate of drug-likeness (QED) is 0.0750. The third-order valence-electron chi connectivity index (χ3n) is 7.37. The molecule has 3 saturated heterocycles. The standard InChI is InChI=1S/C20H24N10O14P2.Na/c21-19-25-13-7(15(33)27-19)23-3-29(13)17-9(31)11-5(41-17)1-39-45(35,36)44-12-6(2-40-46(37,38)43-11)42-18(10(12)32)30-4-24-8-14(30)26-20(22)28-16(8)34;/h3-6,9-12,17-18,31-32H,1-2H2,(H,35,36)(H,37,38)(H3,21,25,27,33)(H3,22,26,28,34);/q;+1/p-1/t5-,6-,9-,10-,11-,12-,17-,18-;/m1./s1. The summed E-state index contributed by atoms with van der Waals surface area (Å²) in [6.45, 7) is -1.83. The molecule has 0 bridgehead atoms. The van der Waals surface area contributed by atoms with Crippen LogP contribution in [0, 0.1) is 0 Å². The minimum absolute atomic E-state index is 0. The molecule has 3 aliphatic heterocycles. The average Bonchev–Trinajstić information content (AvgIpc) is 3.72. The number of hydrogen-bond donors (Lipinski definition) is 7. The first kappa shape index (κ1) is 34.2. The van der Waals surface area contributed by atoms with E-state index < -0.39 is 89.1 Å². The number of aromatic nitrogens is 8. The Morgan fingerprint density at radius 3 is 1.77 bits per heavy atom. The van der Waals surface area contributed by atoms with Crippen molar-refractivity contribution in [2.24, 2.45) is 0 Å². The Labute approximate surface area is 281 Å². The number of nitrogens with zero attached hydrogens (tertiary/aromatic N) is 6. The Bertz CT molecular complexity index is 1910. The molecule has 0 spiro atoms. The van der Waals surface area contributed by atoms with E-state index >= 15 is 0 Å². The predicted octanol–water partition coefficient (Wildman–Crippen LogP) is -6.68. The van der Waals surface area contributed by atoms with Crippen molar-refractivity contribution in [3.05, 3.63) is 33.4 Å². The number of phosphoric ester groups is 2. The van der Waals surface area contributed by atoms with Gasteiger partial charge in [0.05, 0.1) is 25.9 Å². The molecular weight excluding hydrogens is 689 g/mol. The summed E-state index contributed by atoms with van der Waals surface area (Å²) in [5.41, 5.74) is 9.19. The van der Waals surface area contributed by atoms with Gasteiger partial charge in [-0.2, -0.15) is 9.97 Å². The molecule has 0 amide bonds. The number of rotatable bonds is 2. The summed E-state index contributed by atoms with van der Waals surface area (Å²) < 4.78 is 60.1. The van der Waals surface area contributed by atoms with E-state index in [1.807, 2.05) is 0 Å². The third kappa shape index (κ3) is 6.20. The van der Waals surface area contributed by atoms with Crippen LogP contribution in [-0.4, -0.2) is 104 Å². The van der Waals surface area contributed by atoms with Crippen molar-refractivity contribution in [1.29, 1.82) is 0 Å². The number of nitrogen functional groups attached to an aromatic ring is 2. The number of H-pyrrole nitrogens is 2. The molecule has 7 rings (SSSR count). The molecule has 47 heavy (non-hydrogen) atoms. The molecule has 0 aromatic carbocycles. The Balaban J connectivity index is 0.00000386. The first-order valence-corrected chi connectivity index (χ1v) is 16.1. The van der Waals surface area contributed by atoms with E-state index in [1.165, 1.54) is 0 Å². The van der Waals surface area contributed by atoms with Crippen LogP contribution in [0.3, 0.4) is 0 Å². The minimum Gasteiger partial charge on any atom is -0.756 e. The molecule has 24 nitrogen and oxygen atoms in total. The fourth-order valence-electron chi connectivity index (χ4n) is 5.38. The Kier molecular flexibility index (Phi) is 9.00. The molecule has 9 N–H and O–H groups in total.